The van der Waals surface area contributed by atoms with E-state index in [0.29, 0.717) is 0 Å². The van der Waals surface area contributed by atoms with Crippen molar-refractivity contribution in [3.05, 3.63) is 97.1 Å². The Bertz CT molecular complexity index is 761. The van der Waals surface area contributed by atoms with Gasteiger partial charge >= 0.3 is 0 Å². The van der Waals surface area contributed by atoms with Crippen molar-refractivity contribution in [2.45, 2.75) is 13.8 Å². The average Bonchev–Trinajstić information content (AvgIpc) is 2.56. The standard InChI is InChI=1S/C17H14.C5H8/c1-13-6-8-15(9-7-13)17-11-10-14-4-2-3-5-16(14)12-17;1-3-5-4-2/h2-12H,1H3;3-5H,1H2,2H3/b;5-4-. The Morgan fingerprint density at radius 3 is 2.00 bits per heavy atom. The van der Waals surface area contributed by atoms with Crippen LogP contribution in [0.3, 0.4) is 0 Å². The van der Waals surface area contributed by atoms with E-state index in [9.17, 15) is 0 Å². The van der Waals surface area contributed by atoms with Crippen molar-refractivity contribution in [2.24, 2.45) is 0 Å². The van der Waals surface area contributed by atoms with Gasteiger partial charge in [0.15, 0.2) is 0 Å². The van der Waals surface area contributed by atoms with Crippen LogP contribution in [0.4, 0.5) is 0 Å². The van der Waals surface area contributed by atoms with Crippen LogP contribution in [0.2, 0.25) is 0 Å². The van der Waals surface area contributed by atoms with Crippen LogP contribution in [0.5, 0.6) is 0 Å². The number of rotatable bonds is 2. The molecule has 0 aliphatic carbocycles. The van der Waals surface area contributed by atoms with Gasteiger partial charge in [0.2, 0.25) is 0 Å². The number of aryl methyl sites for hydroxylation is 1. The van der Waals surface area contributed by atoms with Crippen LogP contribution in [0.15, 0.2) is 91.5 Å². The summed E-state index contributed by atoms with van der Waals surface area (Å²) >= 11 is 0. The molecule has 0 N–H and O–H groups in total. The second-order valence-corrected chi connectivity index (χ2v) is 5.19. The summed E-state index contributed by atoms with van der Waals surface area (Å²) in [5, 5.41) is 2.59. The van der Waals surface area contributed by atoms with E-state index in [1.165, 1.54) is 27.5 Å². The molecular weight excluding hydrogens is 264 g/mol. The Morgan fingerprint density at radius 1 is 0.773 bits per heavy atom. The highest BCUT2D eigenvalue weighted by molar-refractivity contribution is 5.87. The van der Waals surface area contributed by atoms with Crippen molar-refractivity contribution in [1.82, 2.24) is 0 Å². The molecule has 22 heavy (non-hydrogen) atoms. The van der Waals surface area contributed by atoms with E-state index in [0.717, 1.165) is 0 Å². The molecule has 0 bridgehead atoms. The molecule has 0 aliphatic rings. The summed E-state index contributed by atoms with van der Waals surface area (Å²) in [5.74, 6) is 0. The number of fused-ring (bicyclic) bond motifs is 1. The van der Waals surface area contributed by atoms with E-state index in [-0.39, 0.29) is 0 Å². The molecular formula is C22H22. The molecule has 0 amide bonds. The zero-order chi connectivity index (χ0) is 15.8. The minimum absolute atomic E-state index is 1.28. The largest absolute Gasteiger partial charge is 0.0991 e. The topological polar surface area (TPSA) is 0 Å². The zero-order valence-electron chi connectivity index (χ0n) is 13.3. The third kappa shape index (κ3) is 4.20. The van der Waals surface area contributed by atoms with E-state index in [1.807, 2.05) is 19.1 Å². The number of allylic oxidation sites excluding steroid dienone is 3. The minimum atomic E-state index is 1.28. The first kappa shape index (κ1) is 15.8. The van der Waals surface area contributed by atoms with Gasteiger partial charge in [-0.3, -0.25) is 0 Å². The lowest BCUT2D eigenvalue weighted by Gasteiger charge is -2.04. The maximum absolute atomic E-state index is 3.46. The van der Waals surface area contributed by atoms with Gasteiger partial charge in [0.25, 0.3) is 0 Å². The van der Waals surface area contributed by atoms with Gasteiger partial charge in [-0.2, -0.15) is 0 Å². The molecule has 3 aromatic rings. The summed E-state index contributed by atoms with van der Waals surface area (Å²) in [6.45, 7) is 7.54. The van der Waals surface area contributed by atoms with Gasteiger partial charge in [-0.05, 0) is 41.8 Å². The Balaban J connectivity index is 0.000000309. The molecule has 0 heteroatoms. The summed E-state index contributed by atoms with van der Waals surface area (Å²) in [6.07, 6.45) is 5.58. The Hall–Kier alpha value is -2.60. The highest BCUT2D eigenvalue weighted by Gasteiger charge is 1.98. The predicted molar refractivity (Wildman–Crippen MR) is 99.1 cm³/mol. The monoisotopic (exact) mass is 286 g/mol. The molecule has 3 rings (SSSR count). The second kappa shape index (κ2) is 7.99. The first-order valence-electron chi connectivity index (χ1n) is 7.54. The second-order valence-electron chi connectivity index (χ2n) is 5.19. The quantitative estimate of drug-likeness (QED) is 0.468. The Kier molecular flexibility index (Phi) is 5.73. The van der Waals surface area contributed by atoms with Gasteiger partial charge in [-0.15, -0.1) is 0 Å². The Labute approximate surface area is 133 Å². The molecule has 3 aromatic carbocycles. The molecule has 0 saturated carbocycles. The van der Waals surface area contributed by atoms with Gasteiger partial charge in [0.05, 0.1) is 0 Å². The summed E-state index contributed by atoms with van der Waals surface area (Å²) in [6, 6.07) is 23.8. The number of benzene rings is 3. The van der Waals surface area contributed by atoms with E-state index < -0.39 is 0 Å². The predicted octanol–water partition coefficient (Wildman–Crippen LogP) is 6.56. The lowest BCUT2D eigenvalue weighted by molar-refractivity contribution is 1.47. The Morgan fingerprint density at radius 2 is 1.41 bits per heavy atom. The summed E-state index contributed by atoms with van der Waals surface area (Å²) < 4.78 is 0. The highest BCUT2D eigenvalue weighted by atomic mass is 14.0. The first-order valence-corrected chi connectivity index (χ1v) is 7.54. The highest BCUT2D eigenvalue weighted by Crippen LogP contribution is 2.24. The molecule has 0 aromatic heterocycles. The molecule has 0 heterocycles. The van der Waals surface area contributed by atoms with E-state index >= 15 is 0 Å². The van der Waals surface area contributed by atoms with Crippen molar-refractivity contribution in [2.75, 3.05) is 0 Å². The molecule has 0 nitrogen and oxygen atoms in total. The summed E-state index contributed by atoms with van der Waals surface area (Å²) in [4.78, 5) is 0. The molecule has 0 fully saturated rings. The first-order chi connectivity index (χ1) is 10.7. The van der Waals surface area contributed by atoms with Gasteiger partial charge in [-0.1, -0.05) is 91.0 Å². The van der Waals surface area contributed by atoms with E-state index in [1.54, 1.807) is 6.08 Å². The van der Waals surface area contributed by atoms with Gasteiger partial charge < -0.3 is 0 Å². The van der Waals surface area contributed by atoms with Crippen LogP contribution >= 0.6 is 0 Å². The van der Waals surface area contributed by atoms with Crippen LogP contribution in [0, 0.1) is 6.92 Å². The minimum Gasteiger partial charge on any atom is -0.0991 e. The third-order valence-corrected chi connectivity index (χ3v) is 3.46. The fraction of sp³-hybridized carbons (Fsp3) is 0.0909. The van der Waals surface area contributed by atoms with Gasteiger partial charge in [-0.25, -0.2) is 0 Å². The normalized spacial score (nSPS) is 10.3. The molecule has 0 atom stereocenters. The fourth-order valence-electron chi connectivity index (χ4n) is 2.25. The van der Waals surface area contributed by atoms with Crippen molar-refractivity contribution in [1.29, 1.82) is 0 Å². The number of hydrogen-bond donors (Lipinski definition) is 0. The van der Waals surface area contributed by atoms with Crippen LogP contribution in [0.25, 0.3) is 21.9 Å². The summed E-state index contributed by atoms with van der Waals surface area (Å²) in [5.41, 5.74) is 3.86. The van der Waals surface area contributed by atoms with Crippen LogP contribution in [-0.2, 0) is 0 Å². The molecule has 0 saturated heterocycles. The van der Waals surface area contributed by atoms with E-state index in [4.69, 9.17) is 0 Å². The van der Waals surface area contributed by atoms with Crippen LogP contribution < -0.4 is 0 Å². The third-order valence-electron chi connectivity index (χ3n) is 3.46. The van der Waals surface area contributed by atoms with Gasteiger partial charge in [0.1, 0.15) is 0 Å². The van der Waals surface area contributed by atoms with Crippen LogP contribution in [0.1, 0.15) is 12.5 Å². The fourth-order valence-corrected chi connectivity index (χ4v) is 2.25. The smallest absolute Gasteiger partial charge is 0.0178 e. The van der Waals surface area contributed by atoms with Crippen molar-refractivity contribution in [3.63, 3.8) is 0 Å². The lowest BCUT2D eigenvalue weighted by atomic mass is 10.0. The zero-order valence-corrected chi connectivity index (χ0v) is 13.3. The maximum Gasteiger partial charge on any atom is -0.0178 e. The lowest BCUT2D eigenvalue weighted by Crippen LogP contribution is -1.79. The van der Waals surface area contributed by atoms with E-state index in [2.05, 4.69) is 80.2 Å². The van der Waals surface area contributed by atoms with Gasteiger partial charge in [0, 0.05) is 0 Å². The SMILES string of the molecule is C=C/C=C\C.Cc1ccc(-c2ccc3ccccc3c2)cc1. The molecule has 0 spiro atoms. The summed E-state index contributed by atoms with van der Waals surface area (Å²) in [7, 11) is 0. The molecule has 0 radical (unpaired) electrons. The van der Waals surface area contributed by atoms with Crippen molar-refractivity contribution >= 4 is 10.8 Å². The van der Waals surface area contributed by atoms with Crippen molar-refractivity contribution in [3.8, 4) is 11.1 Å². The van der Waals surface area contributed by atoms with Crippen molar-refractivity contribution < 1.29 is 0 Å². The maximum atomic E-state index is 3.46. The molecule has 110 valence electrons. The molecule has 0 aliphatic heterocycles. The van der Waals surface area contributed by atoms with Crippen LogP contribution in [-0.4, -0.2) is 0 Å². The molecule has 0 unspecified atom stereocenters. The number of hydrogen-bond acceptors (Lipinski definition) is 0. The average molecular weight is 286 g/mol.